The predicted molar refractivity (Wildman–Crippen MR) is 90.1 cm³/mol. The molecule has 25 heavy (non-hydrogen) atoms. The van der Waals surface area contributed by atoms with Gasteiger partial charge in [0, 0.05) is 12.3 Å². The number of hydrogen-bond acceptors (Lipinski definition) is 5. The van der Waals surface area contributed by atoms with E-state index in [4.69, 9.17) is 9.47 Å². The summed E-state index contributed by atoms with van der Waals surface area (Å²) < 4.78 is 11.7. The van der Waals surface area contributed by atoms with Crippen molar-refractivity contribution in [2.45, 2.75) is 50.4 Å². The summed E-state index contributed by atoms with van der Waals surface area (Å²) in [5, 5.41) is 10.8. The van der Waals surface area contributed by atoms with Crippen LogP contribution in [0.4, 0.5) is 0 Å². The Balaban J connectivity index is 1.71. The number of carbonyl (C=O) groups excluding carboxylic acids is 2. The third-order valence-electron chi connectivity index (χ3n) is 6.12. The minimum atomic E-state index is -1.32. The molecule has 0 radical (unpaired) electrons. The molecular weight excluding hydrogens is 320 g/mol. The Morgan fingerprint density at radius 3 is 2.64 bits per heavy atom. The number of Topliss-reactive ketones (excluding diaryl/α,β-unsaturated/α-hetero) is 1. The highest BCUT2D eigenvalue weighted by Gasteiger charge is 2.69. The highest BCUT2D eigenvalue weighted by molar-refractivity contribution is 5.97. The van der Waals surface area contributed by atoms with Gasteiger partial charge in [-0.1, -0.05) is 23.8 Å². The van der Waals surface area contributed by atoms with E-state index in [1.807, 2.05) is 39.0 Å². The second kappa shape index (κ2) is 5.02. The molecule has 1 aromatic rings. The minimum absolute atomic E-state index is 0.0322. The summed E-state index contributed by atoms with van der Waals surface area (Å²) in [6, 6.07) is 7.05. The number of hydrogen-bond donors (Lipinski definition) is 1. The van der Waals surface area contributed by atoms with Crippen molar-refractivity contribution in [1.29, 1.82) is 0 Å². The summed E-state index contributed by atoms with van der Waals surface area (Å²) in [5.74, 6) is -1.18. The van der Waals surface area contributed by atoms with E-state index in [-0.39, 0.29) is 24.7 Å². The van der Waals surface area contributed by atoms with Crippen molar-refractivity contribution in [2.24, 2.45) is 5.92 Å². The van der Waals surface area contributed by atoms with E-state index >= 15 is 0 Å². The lowest BCUT2D eigenvalue weighted by Gasteiger charge is -2.50. The maximum atomic E-state index is 13.0. The van der Waals surface area contributed by atoms with E-state index in [1.165, 1.54) is 0 Å². The Morgan fingerprint density at radius 1 is 1.28 bits per heavy atom. The molecule has 5 nitrogen and oxygen atoms in total. The van der Waals surface area contributed by atoms with Crippen LogP contribution in [0, 0.1) is 12.8 Å². The smallest absolute Gasteiger partial charge is 0.339 e. The molecule has 0 spiro atoms. The average molecular weight is 342 g/mol. The van der Waals surface area contributed by atoms with Crippen molar-refractivity contribution in [3.8, 4) is 0 Å². The van der Waals surface area contributed by atoms with Gasteiger partial charge < -0.3 is 14.6 Å². The molecular formula is C20H22O5. The first kappa shape index (κ1) is 16.5. The monoisotopic (exact) mass is 342 g/mol. The van der Waals surface area contributed by atoms with Crippen LogP contribution in [0.15, 0.2) is 35.9 Å². The second-order valence-electron chi connectivity index (χ2n) is 7.83. The zero-order valence-corrected chi connectivity index (χ0v) is 14.7. The van der Waals surface area contributed by atoms with Crippen molar-refractivity contribution in [1.82, 2.24) is 0 Å². The Labute approximate surface area is 146 Å². The number of aryl methyl sites for hydroxylation is 1. The molecule has 132 valence electrons. The Bertz CT molecular complexity index is 795. The Morgan fingerprint density at radius 2 is 1.96 bits per heavy atom. The topological polar surface area (TPSA) is 72.8 Å². The van der Waals surface area contributed by atoms with Gasteiger partial charge in [0.05, 0.1) is 23.4 Å². The first-order valence-electron chi connectivity index (χ1n) is 8.58. The van der Waals surface area contributed by atoms with Gasteiger partial charge >= 0.3 is 5.97 Å². The molecule has 1 aromatic carbocycles. The lowest BCUT2D eigenvalue weighted by atomic mass is 9.58. The quantitative estimate of drug-likeness (QED) is 0.660. The van der Waals surface area contributed by atoms with E-state index < -0.39 is 22.8 Å². The molecule has 1 unspecified atom stereocenters. The van der Waals surface area contributed by atoms with E-state index in [1.54, 1.807) is 12.1 Å². The lowest BCUT2D eigenvalue weighted by molar-refractivity contribution is -0.159. The van der Waals surface area contributed by atoms with Gasteiger partial charge in [-0.15, -0.1) is 0 Å². The SMILES string of the molecule is CC1=C[C@]2(C)OC[C@]3(OC(=O)c4ccc(C)cc4)C(=O)CC1(O)C[C@H]32. The fourth-order valence-corrected chi connectivity index (χ4v) is 4.47. The predicted octanol–water partition coefficient (Wildman–Crippen LogP) is 2.35. The Hall–Kier alpha value is -1.98. The largest absolute Gasteiger partial charge is 0.445 e. The molecule has 2 fully saturated rings. The molecule has 1 saturated carbocycles. The van der Waals surface area contributed by atoms with Crippen LogP contribution >= 0.6 is 0 Å². The van der Waals surface area contributed by atoms with E-state index in [9.17, 15) is 14.7 Å². The highest BCUT2D eigenvalue weighted by atomic mass is 16.6. The number of esters is 1. The molecule has 3 aliphatic rings. The van der Waals surface area contributed by atoms with Crippen LogP contribution in [0.1, 0.15) is 42.6 Å². The summed E-state index contributed by atoms with van der Waals surface area (Å²) in [6.07, 6.45) is 2.19. The molecule has 4 atom stereocenters. The van der Waals surface area contributed by atoms with Gasteiger partial charge in [0.2, 0.25) is 0 Å². The lowest BCUT2D eigenvalue weighted by Crippen LogP contribution is -2.62. The number of carbonyl (C=O) groups is 2. The first-order valence-corrected chi connectivity index (χ1v) is 8.58. The standard InChI is InChI=1S/C20H22O5/c1-12-4-6-14(7-5-12)17(22)25-20-11-24-18(3)8-13(2)19(23,9-15(18)20)10-16(20)21/h4-8,15,23H,9-11H2,1-3H3/t15-,18-,19?,20+/m0/s1. The van der Waals surface area contributed by atoms with Crippen LogP contribution in [0.2, 0.25) is 0 Å². The van der Waals surface area contributed by atoms with E-state index in [0.717, 1.165) is 11.1 Å². The summed E-state index contributed by atoms with van der Waals surface area (Å²) in [5.41, 5.74) is -0.989. The zero-order chi connectivity index (χ0) is 18.0. The van der Waals surface area contributed by atoms with Crippen LogP contribution in [-0.2, 0) is 14.3 Å². The number of fused-ring (bicyclic) bond motifs is 1. The van der Waals surface area contributed by atoms with Crippen molar-refractivity contribution < 1.29 is 24.2 Å². The molecule has 2 aliphatic carbocycles. The molecule has 0 amide bonds. The minimum Gasteiger partial charge on any atom is -0.445 e. The van der Waals surface area contributed by atoms with Crippen LogP contribution in [0.5, 0.6) is 0 Å². The maximum absolute atomic E-state index is 13.0. The van der Waals surface area contributed by atoms with Gasteiger partial charge in [-0.05, 0) is 44.9 Å². The van der Waals surface area contributed by atoms with Crippen LogP contribution < -0.4 is 0 Å². The number of ketones is 1. The van der Waals surface area contributed by atoms with Crippen LogP contribution in [0.25, 0.3) is 0 Å². The van der Waals surface area contributed by atoms with Crippen molar-refractivity contribution >= 4 is 11.8 Å². The molecule has 1 aliphatic heterocycles. The molecule has 1 saturated heterocycles. The van der Waals surface area contributed by atoms with Crippen molar-refractivity contribution in [3.63, 3.8) is 0 Å². The average Bonchev–Trinajstić information content (AvgIpc) is 2.83. The van der Waals surface area contributed by atoms with Gasteiger partial charge in [-0.25, -0.2) is 4.79 Å². The van der Waals surface area contributed by atoms with Crippen molar-refractivity contribution in [3.05, 3.63) is 47.0 Å². The van der Waals surface area contributed by atoms with Crippen LogP contribution in [-0.4, -0.2) is 40.3 Å². The van der Waals surface area contributed by atoms with Gasteiger partial charge in [0.15, 0.2) is 11.4 Å². The Kier molecular flexibility index (Phi) is 3.31. The number of ether oxygens (including phenoxy) is 2. The molecule has 2 bridgehead atoms. The molecule has 5 heteroatoms. The molecule has 1 heterocycles. The van der Waals surface area contributed by atoms with Crippen molar-refractivity contribution in [2.75, 3.05) is 6.61 Å². The zero-order valence-electron chi connectivity index (χ0n) is 14.7. The summed E-state index contributed by atoms with van der Waals surface area (Å²) in [4.78, 5) is 25.6. The van der Waals surface area contributed by atoms with Crippen LogP contribution in [0.3, 0.4) is 0 Å². The number of rotatable bonds is 2. The number of benzene rings is 1. The fourth-order valence-electron chi connectivity index (χ4n) is 4.47. The summed E-state index contributed by atoms with van der Waals surface area (Å²) in [6.45, 7) is 5.68. The third-order valence-corrected chi connectivity index (χ3v) is 6.12. The van der Waals surface area contributed by atoms with E-state index in [2.05, 4.69) is 0 Å². The fraction of sp³-hybridized carbons (Fsp3) is 0.500. The molecule has 4 rings (SSSR count). The molecule has 0 aromatic heterocycles. The summed E-state index contributed by atoms with van der Waals surface area (Å²) >= 11 is 0. The van der Waals surface area contributed by atoms with Gasteiger partial charge in [0.25, 0.3) is 0 Å². The normalized spacial score (nSPS) is 39.1. The molecule has 1 N–H and O–H groups in total. The summed E-state index contributed by atoms with van der Waals surface area (Å²) in [7, 11) is 0. The van der Waals surface area contributed by atoms with E-state index in [0.29, 0.717) is 12.0 Å². The third kappa shape index (κ3) is 2.22. The van der Waals surface area contributed by atoms with Gasteiger partial charge in [-0.2, -0.15) is 0 Å². The number of aliphatic hydroxyl groups is 1. The first-order chi connectivity index (χ1) is 11.7. The van der Waals surface area contributed by atoms with Gasteiger partial charge in [-0.3, -0.25) is 4.79 Å². The highest BCUT2D eigenvalue weighted by Crippen LogP contribution is 2.56. The second-order valence-corrected chi connectivity index (χ2v) is 7.83. The van der Waals surface area contributed by atoms with Gasteiger partial charge in [0.1, 0.15) is 0 Å². The maximum Gasteiger partial charge on any atom is 0.339 e.